The number of rotatable bonds is 3. The molecule has 0 spiro atoms. The van der Waals surface area contributed by atoms with Crippen LogP contribution in [0.1, 0.15) is 44.2 Å². The molecule has 1 aliphatic rings. The van der Waals surface area contributed by atoms with Gasteiger partial charge in [-0.25, -0.2) is 0 Å². The quantitative estimate of drug-likeness (QED) is 0.635. The molecular formula is C14H20BrClN2. The first-order chi connectivity index (χ1) is 8.61. The Kier molecular flexibility index (Phi) is 5.07. The smallest absolute Gasteiger partial charge is 0.0499 e. The van der Waals surface area contributed by atoms with Gasteiger partial charge >= 0.3 is 0 Å². The van der Waals surface area contributed by atoms with Gasteiger partial charge in [0.2, 0.25) is 0 Å². The van der Waals surface area contributed by atoms with Crippen molar-refractivity contribution < 1.29 is 0 Å². The molecule has 1 saturated carbocycles. The molecule has 0 radical (unpaired) electrons. The van der Waals surface area contributed by atoms with E-state index in [2.05, 4.69) is 34.3 Å². The molecule has 1 fully saturated rings. The van der Waals surface area contributed by atoms with E-state index < -0.39 is 0 Å². The number of hydrogen-bond donors (Lipinski definition) is 2. The van der Waals surface area contributed by atoms with Crippen molar-refractivity contribution in [2.45, 2.75) is 38.6 Å². The summed E-state index contributed by atoms with van der Waals surface area (Å²) in [6.07, 6.45) is 5.08. The molecule has 4 heteroatoms. The summed E-state index contributed by atoms with van der Waals surface area (Å²) in [6, 6.07) is 6.14. The molecule has 100 valence electrons. The van der Waals surface area contributed by atoms with Crippen molar-refractivity contribution in [1.82, 2.24) is 5.43 Å². The number of nitrogens with two attached hydrogens (primary N) is 1. The van der Waals surface area contributed by atoms with Gasteiger partial charge in [-0.15, -0.1) is 0 Å². The Bertz CT molecular complexity index is 403. The van der Waals surface area contributed by atoms with Gasteiger partial charge in [-0.1, -0.05) is 53.4 Å². The summed E-state index contributed by atoms with van der Waals surface area (Å²) < 4.78 is 1.04. The monoisotopic (exact) mass is 330 g/mol. The summed E-state index contributed by atoms with van der Waals surface area (Å²) in [5.41, 5.74) is 4.20. The highest BCUT2D eigenvalue weighted by molar-refractivity contribution is 9.10. The van der Waals surface area contributed by atoms with Crippen LogP contribution in [0.15, 0.2) is 22.7 Å². The van der Waals surface area contributed by atoms with E-state index in [1.165, 1.54) is 31.2 Å². The molecule has 1 atom stereocenters. The predicted molar refractivity (Wildman–Crippen MR) is 80.3 cm³/mol. The molecule has 0 aromatic heterocycles. The van der Waals surface area contributed by atoms with Crippen molar-refractivity contribution in [3.8, 4) is 0 Å². The Labute approximate surface area is 122 Å². The van der Waals surface area contributed by atoms with E-state index in [-0.39, 0.29) is 6.04 Å². The summed E-state index contributed by atoms with van der Waals surface area (Å²) in [5, 5.41) is 0.749. The molecule has 0 heterocycles. The molecule has 1 unspecified atom stereocenters. The summed E-state index contributed by atoms with van der Waals surface area (Å²) >= 11 is 9.58. The molecule has 0 aliphatic heterocycles. The first-order valence-corrected chi connectivity index (χ1v) is 7.70. The Morgan fingerprint density at radius 2 is 2.00 bits per heavy atom. The van der Waals surface area contributed by atoms with Crippen LogP contribution in [0, 0.1) is 11.8 Å². The van der Waals surface area contributed by atoms with Gasteiger partial charge in [0.05, 0.1) is 0 Å². The summed E-state index contributed by atoms with van der Waals surface area (Å²) in [6.45, 7) is 2.33. The minimum absolute atomic E-state index is 0.212. The minimum atomic E-state index is 0.212. The van der Waals surface area contributed by atoms with Crippen LogP contribution in [0.4, 0.5) is 0 Å². The van der Waals surface area contributed by atoms with Gasteiger partial charge in [0.15, 0.2) is 0 Å². The predicted octanol–water partition coefficient (Wildman–Crippen LogP) is 4.43. The number of halogens is 2. The molecule has 1 aliphatic carbocycles. The highest BCUT2D eigenvalue weighted by Gasteiger charge is 2.27. The zero-order chi connectivity index (χ0) is 13.1. The van der Waals surface area contributed by atoms with E-state index in [9.17, 15) is 0 Å². The number of hydrogen-bond acceptors (Lipinski definition) is 2. The molecule has 2 nitrogen and oxygen atoms in total. The second kappa shape index (κ2) is 6.38. The molecular weight excluding hydrogens is 312 g/mol. The topological polar surface area (TPSA) is 38.0 Å². The lowest BCUT2D eigenvalue weighted by molar-refractivity contribution is 0.232. The summed E-state index contributed by atoms with van der Waals surface area (Å²) in [4.78, 5) is 0. The maximum atomic E-state index is 5.99. The Morgan fingerprint density at radius 3 is 2.56 bits per heavy atom. The lowest BCUT2D eigenvalue weighted by Crippen LogP contribution is -2.35. The zero-order valence-electron chi connectivity index (χ0n) is 10.6. The molecule has 0 amide bonds. The van der Waals surface area contributed by atoms with E-state index in [1.54, 1.807) is 0 Å². The molecule has 2 rings (SSSR count). The average molecular weight is 332 g/mol. The van der Waals surface area contributed by atoms with Crippen LogP contribution in [0.3, 0.4) is 0 Å². The van der Waals surface area contributed by atoms with Gasteiger partial charge in [0.1, 0.15) is 0 Å². The highest BCUT2D eigenvalue weighted by atomic mass is 79.9. The van der Waals surface area contributed by atoms with Crippen LogP contribution in [-0.4, -0.2) is 0 Å². The van der Waals surface area contributed by atoms with E-state index in [1.807, 2.05) is 12.1 Å². The fourth-order valence-corrected chi connectivity index (χ4v) is 3.78. The second-order valence-electron chi connectivity index (χ2n) is 5.33. The van der Waals surface area contributed by atoms with Crippen LogP contribution >= 0.6 is 27.5 Å². The van der Waals surface area contributed by atoms with Gasteiger partial charge in [-0.2, -0.15) is 0 Å². The van der Waals surface area contributed by atoms with Crippen molar-refractivity contribution in [3.63, 3.8) is 0 Å². The van der Waals surface area contributed by atoms with Crippen molar-refractivity contribution in [2.24, 2.45) is 17.7 Å². The van der Waals surface area contributed by atoms with Gasteiger partial charge in [-0.3, -0.25) is 11.3 Å². The van der Waals surface area contributed by atoms with Crippen molar-refractivity contribution in [1.29, 1.82) is 0 Å². The Morgan fingerprint density at radius 1 is 1.33 bits per heavy atom. The first-order valence-electron chi connectivity index (χ1n) is 6.53. The first kappa shape index (κ1) is 14.3. The average Bonchev–Trinajstić information content (AvgIpc) is 2.35. The van der Waals surface area contributed by atoms with Crippen LogP contribution in [0.2, 0.25) is 5.02 Å². The largest absolute Gasteiger partial charge is 0.271 e. The fraction of sp³-hybridized carbons (Fsp3) is 0.571. The summed E-state index contributed by atoms with van der Waals surface area (Å²) in [7, 11) is 0. The van der Waals surface area contributed by atoms with Crippen LogP contribution in [0.5, 0.6) is 0 Å². The van der Waals surface area contributed by atoms with Crippen molar-refractivity contribution >= 4 is 27.5 Å². The maximum Gasteiger partial charge on any atom is 0.0499 e. The minimum Gasteiger partial charge on any atom is -0.271 e. The Balaban J connectivity index is 2.17. The normalized spacial score (nSPS) is 26.0. The molecule has 1 aromatic rings. The summed E-state index contributed by atoms with van der Waals surface area (Å²) in [5.74, 6) is 7.24. The van der Waals surface area contributed by atoms with Crippen LogP contribution in [0.25, 0.3) is 0 Å². The molecule has 1 aromatic carbocycles. The number of nitrogens with one attached hydrogen (secondary N) is 1. The van der Waals surface area contributed by atoms with E-state index >= 15 is 0 Å². The third-order valence-corrected chi connectivity index (χ3v) is 4.93. The van der Waals surface area contributed by atoms with E-state index in [4.69, 9.17) is 17.4 Å². The van der Waals surface area contributed by atoms with Crippen molar-refractivity contribution in [2.75, 3.05) is 0 Å². The van der Waals surface area contributed by atoms with E-state index in [0.717, 1.165) is 15.4 Å². The highest BCUT2D eigenvalue weighted by Crippen LogP contribution is 2.39. The number of hydrazine groups is 1. The van der Waals surface area contributed by atoms with Gasteiger partial charge in [0.25, 0.3) is 0 Å². The van der Waals surface area contributed by atoms with Gasteiger partial charge in [0, 0.05) is 15.5 Å². The van der Waals surface area contributed by atoms with Gasteiger partial charge < -0.3 is 0 Å². The fourth-order valence-electron chi connectivity index (χ4n) is 2.85. The maximum absolute atomic E-state index is 5.99. The van der Waals surface area contributed by atoms with Crippen LogP contribution in [-0.2, 0) is 0 Å². The third-order valence-electron chi connectivity index (χ3n) is 4.01. The zero-order valence-corrected chi connectivity index (χ0v) is 13.0. The number of benzene rings is 1. The van der Waals surface area contributed by atoms with E-state index in [0.29, 0.717) is 5.92 Å². The van der Waals surface area contributed by atoms with Crippen LogP contribution < -0.4 is 11.3 Å². The molecule has 3 N–H and O–H groups in total. The second-order valence-corrected chi connectivity index (χ2v) is 6.62. The lowest BCUT2D eigenvalue weighted by Gasteiger charge is -2.33. The molecule has 0 saturated heterocycles. The Hall–Kier alpha value is -0.0900. The lowest BCUT2D eigenvalue weighted by atomic mass is 9.77. The molecule has 18 heavy (non-hydrogen) atoms. The molecule has 0 bridgehead atoms. The standard InChI is InChI=1S/C14H20BrClN2/c1-9-2-4-10(5-3-9)14(18-17)12-7-6-11(16)8-13(12)15/h6-10,14,18H,2-5,17H2,1H3. The van der Waals surface area contributed by atoms with Gasteiger partial charge in [-0.05, 0) is 42.4 Å². The SMILES string of the molecule is CC1CCC(C(NN)c2ccc(Cl)cc2Br)CC1. The van der Waals surface area contributed by atoms with Crippen molar-refractivity contribution in [3.05, 3.63) is 33.3 Å². The third kappa shape index (κ3) is 3.27.